The summed E-state index contributed by atoms with van der Waals surface area (Å²) in [6, 6.07) is 3.56. The largest absolute Gasteiger partial charge is 0.481 e. The molecule has 1 heterocycles. The predicted molar refractivity (Wildman–Crippen MR) is 72.4 cm³/mol. The number of hydrogen-bond donors (Lipinski definition) is 2. The number of carbonyl (C=O) groups is 2. The predicted octanol–water partition coefficient (Wildman–Crippen LogP) is 2.81. The fraction of sp³-hybridized carbons (Fsp3) is 0.385. The number of amides is 2. The second-order valence-corrected chi connectivity index (χ2v) is 5.09. The summed E-state index contributed by atoms with van der Waals surface area (Å²) in [6.45, 7) is 0.690. The maximum Gasteiger partial charge on any atom is 0.321 e. The van der Waals surface area contributed by atoms with Gasteiger partial charge in [-0.05, 0) is 31.0 Å². The van der Waals surface area contributed by atoms with Crippen molar-refractivity contribution in [1.82, 2.24) is 4.90 Å². The molecule has 1 aromatic carbocycles. The molecule has 0 atom stereocenters. The molecule has 2 rings (SSSR count). The highest BCUT2D eigenvalue weighted by atomic mass is 35.5. The summed E-state index contributed by atoms with van der Waals surface area (Å²) in [4.78, 5) is 24.2. The van der Waals surface area contributed by atoms with Gasteiger partial charge in [-0.25, -0.2) is 9.18 Å². The van der Waals surface area contributed by atoms with Crippen molar-refractivity contribution in [2.75, 3.05) is 18.4 Å². The Morgan fingerprint density at radius 1 is 1.35 bits per heavy atom. The third-order valence-electron chi connectivity index (χ3n) is 3.30. The second-order valence-electron chi connectivity index (χ2n) is 4.65. The molecule has 20 heavy (non-hydrogen) atoms. The summed E-state index contributed by atoms with van der Waals surface area (Å²) in [5.74, 6) is -1.86. The number of hydrogen-bond acceptors (Lipinski definition) is 2. The molecule has 1 aliphatic rings. The van der Waals surface area contributed by atoms with Crippen molar-refractivity contribution in [3.05, 3.63) is 29.0 Å². The van der Waals surface area contributed by atoms with Crippen LogP contribution in [-0.4, -0.2) is 35.1 Å². The fourth-order valence-electron chi connectivity index (χ4n) is 2.11. The quantitative estimate of drug-likeness (QED) is 0.882. The van der Waals surface area contributed by atoms with Crippen LogP contribution in [0.15, 0.2) is 18.2 Å². The van der Waals surface area contributed by atoms with Crippen molar-refractivity contribution in [2.45, 2.75) is 12.8 Å². The Hall–Kier alpha value is -1.82. The standard InChI is InChI=1S/C13H14ClFN2O3/c14-9-1-2-11(10(15)7-9)16-13(20)17-5-3-8(4-6-17)12(18)19/h1-2,7-8H,3-6H2,(H,16,20)(H,18,19). The summed E-state index contributed by atoms with van der Waals surface area (Å²) in [5, 5.41) is 11.6. The molecular formula is C13H14ClFN2O3. The van der Waals surface area contributed by atoms with Crippen LogP contribution in [0.3, 0.4) is 0 Å². The Morgan fingerprint density at radius 2 is 2.00 bits per heavy atom. The van der Waals surface area contributed by atoms with Crippen LogP contribution in [0.1, 0.15) is 12.8 Å². The van der Waals surface area contributed by atoms with E-state index in [1.54, 1.807) is 0 Å². The lowest BCUT2D eigenvalue weighted by atomic mass is 9.97. The third-order valence-corrected chi connectivity index (χ3v) is 3.54. The topological polar surface area (TPSA) is 69.6 Å². The number of anilines is 1. The summed E-state index contributed by atoms with van der Waals surface area (Å²) >= 11 is 5.63. The molecule has 0 aromatic heterocycles. The van der Waals surface area contributed by atoms with Gasteiger partial charge in [0.05, 0.1) is 11.6 Å². The van der Waals surface area contributed by atoms with Gasteiger partial charge in [0.2, 0.25) is 0 Å². The van der Waals surface area contributed by atoms with Gasteiger partial charge in [-0.2, -0.15) is 0 Å². The highest BCUT2D eigenvalue weighted by Crippen LogP contribution is 2.21. The van der Waals surface area contributed by atoms with Crippen LogP contribution < -0.4 is 5.32 Å². The minimum Gasteiger partial charge on any atom is -0.481 e. The number of nitrogens with zero attached hydrogens (tertiary/aromatic N) is 1. The molecule has 7 heteroatoms. The summed E-state index contributed by atoms with van der Waals surface area (Å²) in [6.07, 6.45) is 0.817. The number of nitrogens with one attached hydrogen (secondary N) is 1. The van der Waals surface area contributed by atoms with Gasteiger partial charge in [0.25, 0.3) is 0 Å². The number of likely N-dealkylation sites (tertiary alicyclic amines) is 1. The molecule has 1 aliphatic heterocycles. The number of urea groups is 1. The van der Waals surface area contributed by atoms with Crippen molar-refractivity contribution < 1.29 is 19.1 Å². The van der Waals surface area contributed by atoms with E-state index in [0.29, 0.717) is 25.9 Å². The molecule has 0 spiro atoms. The molecule has 0 radical (unpaired) electrons. The first-order valence-electron chi connectivity index (χ1n) is 6.21. The van der Waals surface area contributed by atoms with E-state index in [4.69, 9.17) is 16.7 Å². The lowest BCUT2D eigenvalue weighted by Gasteiger charge is -2.30. The zero-order chi connectivity index (χ0) is 14.7. The van der Waals surface area contributed by atoms with Crippen LogP contribution in [0.25, 0.3) is 0 Å². The smallest absolute Gasteiger partial charge is 0.321 e. The summed E-state index contributed by atoms with van der Waals surface area (Å²) in [7, 11) is 0. The van der Waals surface area contributed by atoms with E-state index >= 15 is 0 Å². The molecule has 0 unspecified atom stereocenters. The van der Waals surface area contributed by atoms with E-state index in [2.05, 4.69) is 5.32 Å². The van der Waals surface area contributed by atoms with E-state index in [1.807, 2.05) is 0 Å². The molecule has 2 amide bonds. The number of carbonyl (C=O) groups excluding carboxylic acids is 1. The normalized spacial score (nSPS) is 16.0. The number of carboxylic acid groups (broad SMARTS) is 1. The SMILES string of the molecule is O=C(O)C1CCN(C(=O)Nc2ccc(Cl)cc2F)CC1. The second kappa shape index (κ2) is 6.09. The van der Waals surface area contributed by atoms with Gasteiger partial charge in [-0.1, -0.05) is 11.6 Å². The van der Waals surface area contributed by atoms with E-state index in [0.717, 1.165) is 6.07 Å². The first kappa shape index (κ1) is 14.6. The van der Waals surface area contributed by atoms with Crippen LogP contribution >= 0.6 is 11.6 Å². The Kier molecular flexibility index (Phi) is 4.44. The zero-order valence-corrected chi connectivity index (χ0v) is 11.4. The number of aliphatic carboxylic acids is 1. The average molecular weight is 301 g/mol. The van der Waals surface area contributed by atoms with Gasteiger partial charge >= 0.3 is 12.0 Å². The van der Waals surface area contributed by atoms with Crippen LogP contribution in [0.2, 0.25) is 5.02 Å². The van der Waals surface area contributed by atoms with Crippen molar-refractivity contribution >= 4 is 29.3 Å². The number of benzene rings is 1. The zero-order valence-electron chi connectivity index (χ0n) is 10.6. The number of rotatable bonds is 2. The molecule has 0 saturated carbocycles. The monoisotopic (exact) mass is 300 g/mol. The first-order chi connectivity index (χ1) is 9.47. The van der Waals surface area contributed by atoms with Gasteiger partial charge in [-0.15, -0.1) is 0 Å². The maximum absolute atomic E-state index is 13.6. The van der Waals surface area contributed by atoms with E-state index in [1.165, 1.54) is 17.0 Å². The van der Waals surface area contributed by atoms with Gasteiger partial charge in [-0.3, -0.25) is 4.79 Å². The third kappa shape index (κ3) is 3.39. The van der Waals surface area contributed by atoms with Crippen molar-refractivity contribution in [2.24, 2.45) is 5.92 Å². The van der Waals surface area contributed by atoms with Crippen molar-refractivity contribution in [3.63, 3.8) is 0 Å². The minimum atomic E-state index is -0.839. The summed E-state index contributed by atoms with van der Waals surface area (Å²) in [5.41, 5.74) is 0.0553. The maximum atomic E-state index is 13.6. The lowest BCUT2D eigenvalue weighted by molar-refractivity contribution is -0.143. The van der Waals surface area contributed by atoms with Crippen LogP contribution in [0.5, 0.6) is 0 Å². The van der Waals surface area contributed by atoms with E-state index < -0.39 is 23.7 Å². The molecule has 2 N–H and O–H groups in total. The van der Waals surface area contributed by atoms with Crippen LogP contribution in [0.4, 0.5) is 14.9 Å². The van der Waals surface area contributed by atoms with Gasteiger partial charge in [0.15, 0.2) is 0 Å². The number of carboxylic acids is 1. The molecular weight excluding hydrogens is 287 g/mol. The van der Waals surface area contributed by atoms with Crippen molar-refractivity contribution in [3.8, 4) is 0 Å². The Morgan fingerprint density at radius 3 is 2.55 bits per heavy atom. The Balaban J connectivity index is 1.94. The number of piperidine rings is 1. The molecule has 1 aromatic rings. The minimum absolute atomic E-state index is 0.0553. The molecule has 5 nitrogen and oxygen atoms in total. The molecule has 1 saturated heterocycles. The molecule has 0 aliphatic carbocycles. The average Bonchev–Trinajstić information content (AvgIpc) is 2.42. The van der Waals surface area contributed by atoms with Gasteiger partial charge in [0.1, 0.15) is 5.82 Å². The van der Waals surface area contributed by atoms with E-state index in [-0.39, 0.29) is 10.7 Å². The Bertz CT molecular complexity index is 530. The number of halogens is 2. The van der Waals surface area contributed by atoms with Gasteiger partial charge in [0, 0.05) is 18.1 Å². The highest BCUT2D eigenvalue weighted by molar-refractivity contribution is 6.30. The van der Waals surface area contributed by atoms with E-state index in [9.17, 15) is 14.0 Å². The molecule has 1 fully saturated rings. The molecule has 0 bridgehead atoms. The van der Waals surface area contributed by atoms with Crippen LogP contribution in [-0.2, 0) is 4.79 Å². The highest BCUT2D eigenvalue weighted by Gasteiger charge is 2.27. The fourth-order valence-corrected chi connectivity index (χ4v) is 2.27. The summed E-state index contributed by atoms with van der Waals surface area (Å²) < 4.78 is 13.6. The first-order valence-corrected chi connectivity index (χ1v) is 6.59. The molecule has 108 valence electrons. The van der Waals surface area contributed by atoms with Crippen molar-refractivity contribution in [1.29, 1.82) is 0 Å². The van der Waals surface area contributed by atoms with Gasteiger partial charge < -0.3 is 15.3 Å². The lowest BCUT2D eigenvalue weighted by Crippen LogP contribution is -2.42. The Labute approximate surface area is 120 Å². The van der Waals surface area contributed by atoms with Crippen LogP contribution in [0, 0.1) is 11.7 Å².